The molecule has 14 heavy (non-hydrogen) atoms. The van der Waals surface area contributed by atoms with Gasteiger partial charge in [0, 0.05) is 19.4 Å². The molecule has 0 aliphatic carbocycles. The van der Waals surface area contributed by atoms with Crippen LogP contribution in [0.15, 0.2) is 0 Å². The van der Waals surface area contributed by atoms with E-state index in [0.717, 1.165) is 6.42 Å². The lowest BCUT2D eigenvalue weighted by molar-refractivity contribution is -0.121. The van der Waals surface area contributed by atoms with Crippen molar-refractivity contribution in [3.63, 3.8) is 0 Å². The monoisotopic (exact) mass is 201 g/mol. The van der Waals surface area contributed by atoms with Gasteiger partial charge in [-0.05, 0) is 18.9 Å². The zero-order valence-electron chi connectivity index (χ0n) is 8.58. The zero-order valence-corrected chi connectivity index (χ0v) is 8.58. The molecule has 0 bridgehead atoms. The summed E-state index contributed by atoms with van der Waals surface area (Å²) in [5, 5.41) is 2.61. The van der Waals surface area contributed by atoms with Gasteiger partial charge in [-0.2, -0.15) is 0 Å². The first-order valence-corrected chi connectivity index (χ1v) is 4.81. The number of hydrogen-bond donors (Lipinski definition) is 3. The van der Waals surface area contributed by atoms with Gasteiger partial charge in [0.05, 0.1) is 0 Å². The number of nitrogens with two attached hydrogens (primary N) is 2. The third-order valence-corrected chi connectivity index (χ3v) is 1.96. The third kappa shape index (κ3) is 7.54. The molecule has 0 radical (unpaired) electrons. The summed E-state index contributed by atoms with van der Waals surface area (Å²) >= 11 is 0. The quantitative estimate of drug-likeness (QED) is 0.510. The van der Waals surface area contributed by atoms with Crippen LogP contribution >= 0.6 is 0 Å². The molecule has 5 heteroatoms. The fourth-order valence-corrected chi connectivity index (χ4v) is 0.909. The van der Waals surface area contributed by atoms with Gasteiger partial charge in [0.25, 0.3) is 0 Å². The van der Waals surface area contributed by atoms with Gasteiger partial charge in [-0.1, -0.05) is 6.92 Å². The first-order valence-electron chi connectivity index (χ1n) is 4.81. The van der Waals surface area contributed by atoms with E-state index in [1.165, 1.54) is 0 Å². The van der Waals surface area contributed by atoms with Crippen molar-refractivity contribution < 1.29 is 9.59 Å². The van der Waals surface area contributed by atoms with E-state index in [1.54, 1.807) is 0 Å². The van der Waals surface area contributed by atoms with Crippen LogP contribution in [-0.2, 0) is 9.59 Å². The van der Waals surface area contributed by atoms with Gasteiger partial charge >= 0.3 is 0 Å². The molecule has 0 aliphatic heterocycles. The molecule has 82 valence electrons. The van der Waals surface area contributed by atoms with Crippen molar-refractivity contribution in [1.29, 1.82) is 0 Å². The Hall–Kier alpha value is -1.10. The van der Waals surface area contributed by atoms with Crippen LogP contribution in [0.1, 0.15) is 26.2 Å². The molecule has 0 heterocycles. The third-order valence-electron chi connectivity index (χ3n) is 1.96. The minimum atomic E-state index is -0.402. The molecule has 0 spiro atoms. The average Bonchev–Trinajstić information content (AvgIpc) is 2.13. The van der Waals surface area contributed by atoms with Gasteiger partial charge in [0.15, 0.2) is 0 Å². The first-order chi connectivity index (χ1) is 6.56. The van der Waals surface area contributed by atoms with Gasteiger partial charge in [0.1, 0.15) is 0 Å². The maximum absolute atomic E-state index is 11.1. The van der Waals surface area contributed by atoms with E-state index in [1.807, 2.05) is 6.92 Å². The van der Waals surface area contributed by atoms with E-state index in [2.05, 4.69) is 5.32 Å². The topological polar surface area (TPSA) is 98.2 Å². The molecule has 5 nitrogen and oxygen atoms in total. The van der Waals surface area contributed by atoms with Crippen molar-refractivity contribution in [2.75, 3.05) is 13.1 Å². The molecule has 1 atom stereocenters. The van der Waals surface area contributed by atoms with Crippen LogP contribution in [0.4, 0.5) is 0 Å². The number of hydrogen-bond acceptors (Lipinski definition) is 3. The van der Waals surface area contributed by atoms with E-state index in [9.17, 15) is 9.59 Å². The minimum Gasteiger partial charge on any atom is -0.370 e. The van der Waals surface area contributed by atoms with E-state index in [4.69, 9.17) is 11.5 Å². The standard InChI is InChI=1S/C9H19N3O2/c1-7(6-10)2-3-9(14)12-5-4-8(11)13/h7H,2-6,10H2,1H3,(H2,11,13)(H,12,14). The molecule has 0 rings (SSSR count). The second-order valence-electron chi connectivity index (χ2n) is 3.45. The Bertz CT molecular complexity index is 194. The summed E-state index contributed by atoms with van der Waals surface area (Å²) < 4.78 is 0. The largest absolute Gasteiger partial charge is 0.370 e. The van der Waals surface area contributed by atoms with Crippen molar-refractivity contribution in [3.8, 4) is 0 Å². The van der Waals surface area contributed by atoms with Crippen LogP contribution in [0.3, 0.4) is 0 Å². The van der Waals surface area contributed by atoms with E-state index >= 15 is 0 Å². The maximum Gasteiger partial charge on any atom is 0.220 e. The summed E-state index contributed by atoms with van der Waals surface area (Å²) in [6.45, 7) is 2.91. The number of carbonyl (C=O) groups is 2. The summed E-state index contributed by atoms with van der Waals surface area (Å²) in [7, 11) is 0. The molecule has 0 aromatic heterocycles. The lowest BCUT2D eigenvalue weighted by Crippen LogP contribution is -2.28. The van der Waals surface area contributed by atoms with Crippen LogP contribution in [0, 0.1) is 5.92 Å². The Morgan fingerprint density at radius 1 is 1.36 bits per heavy atom. The smallest absolute Gasteiger partial charge is 0.220 e. The highest BCUT2D eigenvalue weighted by Crippen LogP contribution is 2.02. The van der Waals surface area contributed by atoms with Crippen molar-refractivity contribution >= 4 is 11.8 Å². The lowest BCUT2D eigenvalue weighted by Gasteiger charge is -2.07. The Labute approximate surface area is 84.2 Å². The Kier molecular flexibility index (Phi) is 6.74. The van der Waals surface area contributed by atoms with E-state index < -0.39 is 5.91 Å². The van der Waals surface area contributed by atoms with Gasteiger partial charge in [-0.25, -0.2) is 0 Å². The molecular formula is C9H19N3O2. The number of carbonyl (C=O) groups excluding carboxylic acids is 2. The fraction of sp³-hybridized carbons (Fsp3) is 0.778. The molecular weight excluding hydrogens is 182 g/mol. The molecule has 0 saturated heterocycles. The summed E-state index contributed by atoms with van der Waals surface area (Å²) in [6, 6.07) is 0. The number of nitrogens with one attached hydrogen (secondary N) is 1. The fourth-order valence-electron chi connectivity index (χ4n) is 0.909. The average molecular weight is 201 g/mol. The Balaban J connectivity index is 3.41. The number of primary amides is 1. The highest BCUT2D eigenvalue weighted by Gasteiger charge is 2.05. The van der Waals surface area contributed by atoms with Gasteiger partial charge < -0.3 is 16.8 Å². The highest BCUT2D eigenvalue weighted by molar-refractivity contribution is 5.77. The van der Waals surface area contributed by atoms with Gasteiger partial charge in [-0.15, -0.1) is 0 Å². The van der Waals surface area contributed by atoms with Crippen LogP contribution in [0.25, 0.3) is 0 Å². The molecule has 0 aromatic rings. The molecule has 0 saturated carbocycles. The Morgan fingerprint density at radius 3 is 2.50 bits per heavy atom. The second-order valence-corrected chi connectivity index (χ2v) is 3.45. The van der Waals surface area contributed by atoms with Crippen molar-refractivity contribution in [2.24, 2.45) is 17.4 Å². The number of rotatable bonds is 7. The predicted molar refractivity (Wildman–Crippen MR) is 54.3 cm³/mol. The highest BCUT2D eigenvalue weighted by atomic mass is 16.2. The summed E-state index contributed by atoms with van der Waals surface area (Å²) in [4.78, 5) is 21.5. The van der Waals surface area contributed by atoms with Crippen LogP contribution < -0.4 is 16.8 Å². The molecule has 2 amide bonds. The first kappa shape index (κ1) is 12.9. The Morgan fingerprint density at radius 2 is 2.00 bits per heavy atom. The van der Waals surface area contributed by atoms with E-state index in [0.29, 0.717) is 25.4 Å². The SMILES string of the molecule is CC(CN)CCC(=O)NCCC(N)=O. The maximum atomic E-state index is 11.1. The molecule has 5 N–H and O–H groups in total. The molecule has 0 aromatic carbocycles. The van der Waals surface area contributed by atoms with Crippen molar-refractivity contribution in [1.82, 2.24) is 5.32 Å². The lowest BCUT2D eigenvalue weighted by atomic mass is 10.1. The molecule has 0 aliphatic rings. The molecule has 0 fully saturated rings. The van der Waals surface area contributed by atoms with Gasteiger partial charge in [-0.3, -0.25) is 9.59 Å². The van der Waals surface area contributed by atoms with Crippen LogP contribution in [0.2, 0.25) is 0 Å². The summed E-state index contributed by atoms with van der Waals surface area (Å²) in [5.74, 6) is -0.0935. The van der Waals surface area contributed by atoms with Crippen LogP contribution in [-0.4, -0.2) is 24.9 Å². The van der Waals surface area contributed by atoms with Crippen molar-refractivity contribution in [2.45, 2.75) is 26.2 Å². The van der Waals surface area contributed by atoms with Crippen molar-refractivity contribution in [3.05, 3.63) is 0 Å². The van der Waals surface area contributed by atoms with Crippen LogP contribution in [0.5, 0.6) is 0 Å². The molecule has 1 unspecified atom stereocenters. The van der Waals surface area contributed by atoms with Gasteiger partial charge in [0.2, 0.25) is 11.8 Å². The second kappa shape index (κ2) is 7.32. The summed E-state index contributed by atoms with van der Waals surface area (Å²) in [5.41, 5.74) is 10.3. The number of amides is 2. The minimum absolute atomic E-state index is 0.0495. The van der Waals surface area contributed by atoms with E-state index in [-0.39, 0.29) is 12.3 Å². The summed E-state index contributed by atoms with van der Waals surface area (Å²) in [6.07, 6.45) is 1.42. The predicted octanol–water partition coefficient (Wildman–Crippen LogP) is -0.647. The normalized spacial score (nSPS) is 12.1. The zero-order chi connectivity index (χ0) is 11.0.